The van der Waals surface area contributed by atoms with E-state index in [2.05, 4.69) is 9.97 Å². The number of nitrogens with zero attached hydrogens (tertiary/aromatic N) is 2. The minimum absolute atomic E-state index is 0.137. The fourth-order valence-electron chi connectivity index (χ4n) is 0.851. The van der Waals surface area contributed by atoms with Gasteiger partial charge < -0.3 is 0 Å². The van der Waals surface area contributed by atoms with Gasteiger partial charge in [0.2, 0.25) is 15.8 Å². The molecule has 7 heteroatoms. The van der Waals surface area contributed by atoms with Gasteiger partial charge in [-0.2, -0.15) is 0 Å². The van der Waals surface area contributed by atoms with Crippen LogP contribution in [0.5, 0.6) is 0 Å². The molecule has 0 aromatic carbocycles. The number of hydrogen-bond donors (Lipinski definition) is 1. The summed E-state index contributed by atoms with van der Waals surface area (Å²) < 4.78 is 21.8. The van der Waals surface area contributed by atoms with E-state index in [1.54, 1.807) is 6.92 Å². The van der Waals surface area contributed by atoms with Crippen molar-refractivity contribution in [3.8, 4) is 0 Å². The summed E-state index contributed by atoms with van der Waals surface area (Å²) >= 11 is 0. The third kappa shape index (κ3) is 2.80. The summed E-state index contributed by atoms with van der Waals surface area (Å²) in [5, 5.41) is 3.52. The fraction of sp³-hybridized carbons (Fsp3) is 0.375. The number of sulfonamides is 1. The highest BCUT2D eigenvalue weighted by Gasteiger charge is 2.27. The van der Waals surface area contributed by atoms with Crippen LogP contribution >= 0.6 is 0 Å². The number of aryl methyl sites for hydroxylation is 1. The number of Topliss-reactive ketones (excluding diaryl/α,β-unsaturated/α-hetero) is 1. The highest BCUT2D eigenvalue weighted by atomic mass is 32.2. The van der Waals surface area contributed by atoms with E-state index in [-0.39, 0.29) is 5.82 Å². The number of carbonyl (C=O) groups is 1. The molecule has 1 aromatic heterocycles. The Bertz CT molecular complexity index is 466. The van der Waals surface area contributed by atoms with E-state index in [9.17, 15) is 13.2 Å². The molecule has 15 heavy (non-hydrogen) atoms. The number of primary sulfonamides is 1. The zero-order valence-electron chi connectivity index (χ0n) is 8.34. The predicted octanol–water partition coefficient (Wildman–Crippen LogP) is -0.355. The summed E-state index contributed by atoms with van der Waals surface area (Å²) in [6.45, 7) is 2.97. The van der Waals surface area contributed by atoms with Gasteiger partial charge in [0.1, 0.15) is 5.25 Å². The average Bonchev–Trinajstić information content (AvgIpc) is 2.15. The molecule has 82 valence electrons. The molecule has 0 saturated carbocycles. The maximum Gasteiger partial charge on any atom is 0.219 e. The van der Waals surface area contributed by atoms with E-state index in [0.29, 0.717) is 0 Å². The van der Waals surface area contributed by atoms with Crippen molar-refractivity contribution in [2.24, 2.45) is 5.14 Å². The molecule has 0 saturated heterocycles. The average molecular weight is 229 g/mol. The molecule has 0 aliphatic rings. The van der Waals surface area contributed by atoms with Crippen molar-refractivity contribution in [1.82, 2.24) is 9.97 Å². The van der Waals surface area contributed by atoms with E-state index in [0.717, 1.165) is 5.56 Å². The van der Waals surface area contributed by atoms with Gasteiger partial charge in [-0.1, -0.05) is 0 Å². The van der Waals surface area contributed by atoms with Crippen molar-refractivity contribution in [2.75, 3.05) is 0 Å². The molecule has 0 amide bonds. The Balaban J connectivity index is 3.01. The lowest BCUT2D eigenvalue weighted by molar-refractivity contribution is 0.0981. The predicted molar refractivity (Wildman–Crippen MR) is 53.7 cm³/mol. The monoisotopic (exact) mass is 229 g/mol. The first kappa shape index (κ1) is 11.7. The molecule has 0 radical (unpaired) electrons. The number of carbonyl (C=O) groups excluding carboxylic acids is 1. The van der Waals surface area contributed by atoms with Gasteiger partial charge in [-0.25, -0.2) is 23.5 Å². The van der Waals surface area contributed by atoms with Crippen LogP contribution in [-0.2, 0) is 10.0 Å². The van der Waals surface area contributed by atoms with Crippen LogP contribution in [0.25, 0.3) is 0 Å². The molecule has 1 unspecified atom stereocenters. The quantitative estimate of drug-likeness (QED) is 0.713. The van der Waals surface area contributed by atoms with Crippen LogP contribution in [0.1, 0.15) is 23.1 Å². The van der Waals surface area contributed by atoms with E-state index in [4.69, 9.17) is 5.14 Å². The van der Waals surface area contributed by atoms with Gasteiger partial charge >= 0.3 is 0 Å². The molecule has 0 aliphatic carbocycles. The van der Waals surface area contributed by atoms with E-state index >= 15 is 0 Å². The van der Waals surface area contributed by atoms with E-state index in [1.165, 1.54) is 19.3 Å². The van der Waals surface area contributed by atoms with Crippen molar-refractivity contribution in [3.63, 3.8) is 0 Å². The van der Waals surface area contributed by atoms with Crippen LogP contribution in [0.3, 0.4) is 0 Å². The van der Waals surface area contributed by atoms with Gasteiger partial charge in [-0.05, 0) is 19.4 Å². The Morgan fingerprint density at radius 3 is 2.27 bits per heavy atom. The second-order valence-electron chi connectivity index (χ2n) is 3.18. The molecule has 2 N–H and O–H groups in total. The van der Waals surface area contributed by atoms with Gasteiger partial charge in [0.25, 0.3) is 0 Å². The lowest BCUT2D eigenvalue weighted by Crippen LogP contribution is -2.33. The van der Waals surface area contributed by atoms with Crippen LogP contribution in [0.4, 0.5) is 0 Å². The molecule has 1 heterocycles. The molecule has 1 atom stereocenters. The summed E-state index contributed by atoms with van der Waals surface area (Å²) in [6, 6.07) is 0. The van der Waals surface area contributed by atoms with Crippen molar-refractivity contribution < 1.29 is 13.2 Å². The second-order valence-corrected chi connectivity index (χ2v) is 5.06. The zero-order valence-corrected chi connectivity index (χ0v) is 9.15. The SMILES string of the molecule is Cc1cnc(C(=O)C(C)S(N)(=O)=O)nc1. The normalized spacial score (nSPS) is 13.5. The molecule has 1 rings (SSSR count). The zero-order chi connectivity index (χ0) is 11.6. The number of hydrogen-bond acceptors (Lipinski definition) is 5. The third-order valence-corrected chi connectivity index (χ3v) is 3.06. The summed E-state index contributed by atoms with van der Waals surface area (Å²) in [5.74, 6) is -0.834. The Hall–Kier alpha value is -1.34. The Kier molecular flexibility index (Phi) is 3.15. The maximum absolute atomic E-state index is 11.5. The van der Waals surface area contributed by atoms with Gasteiger partial charge in [0.05, 0.1) is 0 Å². The summed E-state index contributed by atoms with van der Waals surface area (Å²) in [4.78, 5) is 19.0. The Morgan fingerprint density at radius 2 is 1.87 bits per heavy atom. The highest BCUT2D eigenvalue weighted by molar-refractivity contribution is 7.90. The highest BCUT2D eigenvalue weighted by Crippen LogP contribution is 2.03. The van der Waals surface area contributed by atoms with Crippen molar-refractivity contribution in [2.45, 2.75) is 19.1 Å². The molecule has 6 nitrogen and oxygen atoms in total. The molecular weight excluding hydrogens is 218 g/mol. The minimum Gasteiger partial charge on any atom is -0.289 e. The summed E-state index contributed by atoms with van der Waals surface area (Å²) in [7, 11) is -3.89. The molecular formula is C8H11N3O3S. The van der Waals surface area contributed by atoms with E-state index in [1.807, 2.05) is 0 Å². The van der Waals surface area contributed by atoms with Crippen LogP contribution < -0.4 is 5.14 Å². The topological polar surface area (TPSA) is 103 Å². The van der Waals surface area contributed by atoms with Crippen LogP contribution in [0, 0.1) is 6.92 Å². The van der Waals surface area contributed by atoms with Crippen molar-refractivity contribution in [1.29, 1.82) is 0 Å². The smallest absolute Gasteiger partial charge is 0.219 e. The molecule has 0 bridgehead atoms. The lowest BCUT2D eigenvalue weighted by Gasteiger charge is -2.06. The minimum atomic E-state index is -3.89. The largest absolute Gasteiger partial charge is 0.289 e. The van der Waals surface area contributed by atoms with Gasteiger partial charge in [0, 0.05) is 12.4 Å². The van der Waals surface area contributed by atoms with Gasteiger partial charge in [-0.15, -0.1) is 0 Å². The summed E-state index contributed by atoms with van der Waals surface area (Å²) in [6.07, 6.45) is 2.88. The first-order valence-corrected chi connectivity index (χ1v) is 5.78. The van der Waals surface area contributed by atoms with Crippen LogP contribution in [0.2, 0.25) is 0 Å². The molecule has 1 aromatic rings. The molecule has 0 aliphatic heterocycles. The number of aromatic nitrogens is 2. The first-order valence-electron chi connectivity index (χ1n) is 4.17. The Labute approximate surface area is 87.6 Å². The van der Waals surface area contributed by atoms with Crippen molar-refractivity contribution >= 4 is 15.8 Å². The van der Waals surface area contributed by atoms with Crippen LogP contribution in [-0.4, -0.2) is 29.4 Å². The lowest BCUT2D eigenvalue weighted by atomic mass is 10.3. The number of ketones is 1. The number of nitrogens with two attached hydrogens (primary N) is 1. The molecule has 0 spiro atoms. The maximum atomic E-state index is 11.5. The molecule has 0 fully saturated rings. The standard InChI is InChI=1S/C8H11N3O3S/c1-5-3-10-8(11-4-5)7(12)6(2)15(9,13)14/h3-4,6H,1-2H3,(H2,9,13,14). The fourth-order valence-corrected chi connectivity index (χ4v) is 1.25. The van der Waals surface area contributed by atoms with Crippen molar-refractivity contribution in [3.05, 3.63) is 23.8 Å². The van der Waals surface area contributed by atoms with Gasteiger partial charge in [-0.3, -0.25) is 4.79 Å². The van der Waals surface area contributed by atoms with Crippen LogP contribution in [0.15, 0.2) is 12.4 Å². The summed E-state index contributed by atoms with van der Waals surface area (Å²) in [5.41, 5.74) is 0.787. The van der Waals surface area contributed by atoms with E-state index < -0.39 is 21.1 Å². The number of rotatable bonds is 3. The second kappa shape index (κ2) is 4.03. The Morgan fingerprint density at radius 1 is 1.40 bits per heavy atom. The van der Waals surface area contributed by atoms with Gasteiger partial charge in [0.15, 0.2) is 5.82 Å². The third-order valence-electron chi connectivity index (χ3n) is 1.86. The first-order chi connectivity index (χ1) is 6.82.